The second-order valence-electron chi connectivity index (χ2n) is 5.04. The molecule has 0 aliphatic carbocycles. The van der Waals surface area contributed by atoms with Gasteiger partial charge in [-0.3, -0.25) is 0 Å². The minimum Gasteiger partial charge on any atom is -0.336 e. The lowest BCUT2D eigenvalue weighted by Crippen LogP contribution is -2.53. The highest BCUT2D eigenvalue weighted by molar-refractivity contribution is 7.89. The lowest BCUT2D eigenvalue weighted by molar-refractivity contribution is 0.164. The average molecular weight is 306 g/mol. The quantitative estimate of drug-likeness (QED) is 0.829. The standard InChI is InChI=1S/C13H14N4O3S/c14-7-10-2-1-3-12(6-10)21(19,20)16-4-5-17-11(9-16)8-15-13(17)18/h1-3,6,11H,4-5,8-9H2,(H,15,18). The average Bonchev–Trinajstić information content (AvgIpc) is 2.88. The second-order valence-corrected chi connectivity index (χ2v) is 6.97. The van der Waals surface area contributed by atoms with Crippen LogP contribution in [0.15, 0.2) is 29.2 Å². The summed E-state index contributed by atoms with van der Waals surface area (Å²) < 4.78 is 26.6. The van der Waals surface area contributed by atoms with Gasteiger partial charge in [0, 0.05) is 26.2 Å². The van der Waals surface area contributed by atoms with Crippen LogP contribution in [0.1, 0.15) is 5.56 Å². The highest BCUT2D eigenvalue weighted by atomic mass is 32.2. The van der Waals surface area contributed by atoms with Crippen molar-refractivity contribution in [2.24, 2.45) is 0 Å². The summed E-state index contributed by atoms with van der Waals surface area (Å²) in [6.45, 7) is 1.39. The maximum Gasteiger partial charge on any atom is 0.317 e. The summed E-state index contributed by atoms with van der Waals surface area (Å²) in [5, 5.41) is 11.6. The van der Waals surface area contributed by atoms with Crippen LogP contribution in [0.2, 0.25) is 0 Å². The molecule has 110 valence electrons. The van der Waals surface area contributed by atoms with Crippen molar-refractivity contribution < 1.29 is 13.2 Å². The largest absolute Gasteiger partial charge is 0.336 e. The van der Waals surface area contributed by atoms with Crippen LogP contribution in [0.4, 0.5) is 4.79 Å². The van der Waals surface area contributed by atoms with Crippen LogP contribution in [0, 0.1) is 11.3 Å². The molecule has 1 unspecified atom stereocenters. The van der Waals surface area contributed by atoms with Gasteiger partial charge in [-0.1, -0.05) is 6.07 Å². The number of nitrogens with one attached hydrogen (secondary N) is 1. The molecule has 1 N–H and O–H groups in total. The zero-order chi connectivity index (χ0) is 15.0. The number of urea groups is 1. The third-order valence-corrected chi connectivity index (χ3v) is 5.66. The Labute approximate surface area is 122 Å². The monoisotopic (exact) mass is 306 g/mol. The number of hydrogen-bond acceptors (Lipinski definition) is 4. The number of benzene rings is 1. The first-order valence-corrected chi connectivity index (χ1v) is 8.01. The van der Waals surface area contributed by atoms with Crippen molar-refractivity contribution in [1.29, 1.82) is 5.26 Å². The molecule has 0 radical (unpaired) electrons. The lowest BCUT2D eigenvalue weighted by atomic mass is 10.2. The van der Waals surface area contributed by atoms with E-state index < -0.39 is 10.0 Å². The molecule has 3 rings (SSSR count). The summed E-state index contributed by atoms with van der Waals surface area (Å²) in [6.07, 6.45) is 0. The SMILES string of the molecule is N#Cc1cccc(S(=O)(=O)N2CCN3C(=O)NCC3C2)c1. The van der Waals surface area contributed by atoms with Gasteiger partial charge in [-0.2, -0.15) is 9.57 Å². The van der Waals surface area contributed by atoms with E-state index in [-0.39, 0.29) is 30.1 Å². The summed E-state index contributed by atoms with van der Waals surface area (Å²) in [6, 6.07) is 7.66. The molecule has 7 nitrogen and oxygen atoms in total. The van der Waals surface area contributed by atoms with Crippen LogP contribution in [-0.2, 0) is 10.0 Å². The fourth-order valence-corrected chi connectivity index (χ4v) is 4.18. The predicted molar refractivity (Wildman–Crippen MR) is 73.8 cm³/mol. The van der Waals surface area contributed by atoms with Gasteiger partial charge in [0.15, 0.2) is 0 Å². The van der Waals surface area contributed by atoms with Crippen molar-refractivity contribution in [3.05, 3.63) is 29.8 Å². The van der Waals surface area contributed by atoms with E-state index in [4.69, 9.17) is 5.26 Å². The van der Waals surface area contributed by atoms with Crippen LogP contribution in [0.5, 0.6) is 0 Å². The summed E-state index contributed by atoms with van der Waals surface area (Å²) >= 11 is 0. The van der Waals surface area contributed by atoms with E-state index in [9.17, 15) is 13.2 Å². The maximum absolute atomic E-state index is 12.6. The van der Waals surface area contributed by atoms with Gasteiger partial charge in [-0.05, 0) is 18.2 Å². The Balaban J connectivity index is 1.86. The Bertz CT molecular complexity index is 725. The molecule has 1 aromatic carbocycles. The summed E-state index contributed by atoms with van der Waals surface area (Å²) in [4.78, 5) is 13.3. The molecule has 2 heterocycles. The predicted octanol–water partition coefficient (Wildman–Crippen LogP) is -0.0436. The fourth-order valence-electron chi connectivity index (χ4n) is 2.67. The Kier molecular flexibility index (Phi) is 3.31. The van der Waals surface area contributed by atoms with E-state index >= 15 is 0 Å². The third-order valence-electron chi connectivity index (χ3n) is 3.80. The summed E-state index contributed by atoms with van der Waals surface area (Å²) in [5.74, 6) is 0. The van der Waals surface area contributed by atoms with Crippen molar-refractivity contribution in [2.75, 3.05) is 26.2 Å². The molecule has 2 fully saturated rings. The molecule has 2 aliphatic heterocycles. The van der Waals surface area contributed by atoms with Gasteiger partial charge in [-0.25, -0.2) is 13.2 Å². The topological polar surface area (TPSA) is 93.5 Å². The number of nitriles is 1. The number of fused-ring (bicyclic) bond motifs is 1. The molecule has 2 amide bonds. The minimum atomic E-state index is -3.63. The molecule has 0 spiro atoms. The zero-order valence-electron chi connectivity index (χ0n) is 11.2. The molecule has 0 aromatic heterocycles. The van der Waals surface area contributed by atoms with E-state index in [0.29, 0.717) is 18.7 Å². The molecule has 0 saturated carbocycles. The van der Waals surface area contributed by atoms with Crippen LogP contribution in [0.3, 0.4) is 0 Å². The highest BCUT2D eigenvalue weighted by Gasteiger charge is 2.39. The van der Waals surface area contributed by atoms with Crippen molar-refractivity contribution in [1.82, 2.24) is 14.5 Å². The van der Waals surface area contributed by atoms with Gasteiger partial charge in [0.25, 0.3) is 0 Å². The van der Waals surface area contributed by atoms with E-state index in [1.165, 1.54) is 16.4 Å². The van der Waals surface area contributed by atoms with Crippen molar-refractivity contribution in [3.63, 3.8) is 0 Å². The van der Waals surface area contributed by atoms with Gasteiger partial charge < -0.3 is 10.2 Å². The van der Waals surface area contributed by atoms with Crippen LogP contribution in [-0.4, -0.2) is 55.9 Å². The van der Waals surface area contributed by atoms with Crippen molar-refractivity contribution in [3.8, 4) is 6.07 Å². The lowest BCUT2D eigenvalue weighted by Gasteiger charge is -2.35. The molecule has 2 saturated heterocycles. The van der Waals surface area contributed by atoms with Gasteiger partial charge >= 0.3 is 6.03 Å². The van der Waals surface area contributed by atoms with E-state index in [1.54, 1.807) is 17.0 Å². The smallest absolute Gasteiger partial charge is 0.317 e. The summed E-state index contributed by atoms with van der Waals surface area (Å²) in [7, 11) is -3.63. The maximum atomic E-state index is 12.6. The number of sulfonamides is 1. The highest BCUT2D eigenvalue weighted by Crippen LogP contribution is 2.22. The molecule has 8 heteroatoms. The first kappa shape index (κ1) is 13.9. The third kappa shape index (κ3) is 2.34. The first-order chi connectivity index (χ1) is 10.0. The molecular formula is C13H14N4O3S. The van der Waals surface area contributed by atoms with Crippen molar-refractivity contribution in [2.45, 2.75) is 10.9 Å². The number of carbonyl (C=O) groups excluding carboxylic acids is 1. The van der Waals surface area contributed by atoms with Crippen molar-refractivity contribution >= 4 is 16.1 Å². The Hall–Kier alpha value is -2.11. The molecule has 1 atom stereocenters. The van der Waals surface area contributed by atoms with E-state index in [0.717, 1.165) is 0 Å². The Morgan fingerprint density at radius 3 is 2.90 bits per heavy atom. The van der Waals surface area contributed by atoms with Crippen LogP contribution >= 0.6 is 0 Å². The molecule has 2 aliphatic rings. The van der Waals surface area contributed by atoms with E-state index in [2.05, 4.69) is 5.32 Å². The number of nitrogens with zero attached hydrogens (tertiary/aromatic N) is 3. The Morgan fingerprint density at radius 1 is 1.33 bits per heavy atom. The molecule has 21 heavy (non-hydrogen) atoms. The molecule has 1 aromatic rings. The first-order valence-electron chi connectivity index (χ1n) is 6.57. The Morgan fingerprint density at radius 2 is 2.14 bits per heavy atom. The van der Waals surface area contributed by atoms with E-state index in [1.807, 2.05) is 6.07 Å². The van der Waals surface area contributed by atoms with Gasteiger partial charge in [-0.15, -0.1) is 0 Å². The van der Waals surface area contributed by atoms with Crippen LogP contribution in [0.25, 0.3) is 0 Å². The number of carbonyl (C=O) groups is 1. The summed E-state index contributed by atoms with van der Waals surface area (Å²) in [5.41, 5.74) is 0.312. The zero-order valence-corrected chi connectivity index (χ0v) is 12.0. The van der Waals surface area contributed by atoms with Crippen LogP contribution < -0.4 is 5.32 Å². The number of amides is 2. The van der Waals surface area contributed by atoms with Gasteiger partial charge in [0.1, 0.15) is 0 Å². The number of rotatable bonds is 2. The number of hydrogen-bond donors (Lipinski definition) is 1. The molecular weight excluding hydrogens is 292 g/mol. The fraction of sp³-hybridized carbons (Fsp3) is 0.385. The second kappa shape index (κ2) is 5.02. The van der Waals surface area contributed by atoms with Gasteiger partial charge in [0.05, 0.1) is 22.6 Å². The molecule has 0 bridgehead atoms. The minimum absolute atomic E-state index is 0.118. The normalized spacial score (nSPS) is 22.5. The number of piperazine rings is 1. The van der Waals surface area contributed by atoms with Gasteiger partial charge in [0.2, 0.25) is 10.0 Å².